The molecule has 1 aromatic carbocycles. The Kier molecular flexibility index (Phi) is 3.15. The first-order valence-electron chi connectivity index (χ1n) is 4.55. The maximum atomic E-state index is 10.7. The third-order valence-corrected chi connectivity index (χ3v) is 2.83. The topological polar surface area (TPSA) is 36.7 Å². The molecule has 1 aromatic heterocycles. The summed E-state index contributed by atoms with van der Waals surface area (Å²) in [6.45, 7) is 0.717. The van der Waals surface area contributed by atoms with Crippen LogP contribution in [0, 0.1) is 3.57 Å². The summed E-state index contributed by atoms with van der Waals surface area (Å²) in [6.07, 6.45) is 4.34. The Balaban J connectivity index is 2.25. The summed E-state index contributed by atoms with van der Waals surface area (Å²) in [6, 6.07) is 8.23. The lowest BCUT2D eigenvalue weighted by molar-refractivity contribution is -0.688. The van der Waals surface area contributed by atoms with Crippen molar-refractivity contribution < 1.29 is 9.36 Å². The summed E-state index contributed by atoms with van der Waals surface area (Å²) in [5, 5.41) is 0. The molecule has 0 saturated carbocycles. The van der Waals surface area contributed by atoms with Crippen molar-refractivity contribution in [3.63, 3.8) is 0 Å². The largest absolute Gasteiger partial charge is 0.294 e. The van der Waals surface area contributed by atoms with E-state index in [4.69, 9.17) is 0 Å². The Hall–Kier alpha value is -1.17. The standard InChI is InChI=1S/C11H9IN2O/c12-10-3-1-2-9(4-10)6-14-8-13-5-11(14)7-15/h1-5,7-8H,6H2/p+1. The first-order valence-corrected chi connectivity index (χ1v) is 5.63. The molecule has 15 heavy (non-hydrogen) atoms. The lowest BCUT2D eigenvalue weighted by Gasteiger charge is -1.99. The molecule has 2 rings (SSSR count). The number of H-pyrrole nitrogens is 1. The van der Waals surface area contributed by atoms with Crippen LogP contribution in [0.5, 0.6) is 0 Å². The number of aldehydes is 1. The van der Waals surface area contributed by atoms with Gasteiger partial charge in [-0.3, -0.25) is 4.79 Å². The van der Waals surface area contributed by atoms with E-state index in [1.807, 2.05) is 16.7 Å². The van der Waals surface area contributed by atoms with E-state index < -0.39 is 0 Å². The minimum absolute atomic E-state index is 0.661. The molecule has 1 N–H and O–H groups in total. The van der Waals surface area contributed by atoms with E-state index >= 15 is 0 Å². The highest BCUT2D eigenvalue weighted by Gasteiger charge is 2.08. The van der Waals surface area contributed by atoms with E-state index in [2.05, 4.69) is 39.7 Å². The SMILES string of the molecule is O=Cc1c[nH]c[n+]1Cc1cccc(I)c1. The van der Waals surface area contributed by atoms with Crippen molar-refractivity contribution in [3.05, 3.63) is 51.6 Å². The van der Waals surface area contributed by atoms with Gasteiger partial charge in [-0.2, -0.15) is 0 Å². The van der Waals surface area contributed by atoms with E-state index in [-0.39, 0.29) is 0 Å². The lowest BCUT2D eigenvalue weighted by atomic mass is 10.2. The summed E-state index contributed by atoms with van der Waals surface area (Å²) in [5.41, 5.74) is 1.85. The predicted octanol–water partition coefficient (Wildman–Crippen LogP) is 1.77. The first-order chi connectivity index (χ1) is 7.29. The molecule has 0 radical (unpaired) electrons. The Morgan fingerprint density at radius 2 is 2.33 bits per heavy atom. The highest BCUT2D eigenvalue weighted by atomic mass is 127. The molecule has 0 unspecified atom stereocenters. The van der Waals surface area contributed by atoms with Crippen LogP contribution in [-0.2, 0) is 6.54 Å². The van der Waals surface area contributed by atoms with Crippen LogP contribution in [0.4, 0.5) is 0 Å². The number of nitrogens with one attached hydrogen (secondary N) is 1. The molecule has 76 valence electrons. The van der Waals surface area contributed by atoms with Crippen LogP contribution in [0.2, 0.25) is 0 Å². The fourth-order valence-electron chi connectivity index (χ4n) is 1.44. The van der Waals surface area contributed by atoms with Crippen molar-refractivity contribution in [2.45, 2.75) is 6.54 Å². The van der Waals surface area contributed by atoms with Crippen LogP contribution in [0.3, 0.4) is 0 Å². The third-order valence-electron chi connectivity index (χ3n) is 2.16. The molecule has 0 aliphatic heterocycles. The number of halogens is 1. The molecule has 1 heterocycles. The van der Waals surface area contributed by atoms with E-state index in [1.54, 1.807) is 12.5 Å². The number of nitrogens with zero attached hydrogens (tertiary/aromatic N) is 1. The summed E-state index contributed by atoms with van der Waals surface area (Å²) in [4.78, 5) is 13.6. The van der Waals surface area contributed by atoms with Crippen LogP contribution in [0.15, 0.2) is 36.8 Å². The first kappa shape index (κ1) is 10.4. The van der Waals surface area contributed by atoms with Gasteiger partial charge in [0.1, 0.15) is 12.7 Å². The zero-order chi connectivity index (χ0) is 10.7. The summed E-state index contributed by atoms with van der Waals surface area (Å²) in [7, 11) is 0. The Bertz CT molecular complexity index is 479. The van der Waals surface area contributed by atoms with Crippen LogP contribution in [0.1, 0.15) is 16.1 Å². The molecule has 0 atom stereocenters. The van der Waals surface area contributed by atoms with Crippen molar-refractivity contribution in [2.24, 2.45) is 0 Å². The van der Waals surface area contributed by atoms with Gasteiger partial charge in [-0.05, 0) is 40.3 Å². The zero-order valence-electron chi connectivity index (χ0n) is 7.98. The smallest absolute Gasteiger partial charge is 0.242 e. The molecule has 0 spiro atoms. The summed E-state index contributed by atoms with van der Waals surface area (Å²) >= 11 is 2.28. The fourth-order valence-corrected chi connectivity index (χ4v) is 2.05. The van der Waals surface area contributed by atoms with Crippen LogP contribution in [0.25, 0.3) is 0 Å². The number of imidazole rings is 1. The Morgan fingerprint density at radius 3 is 3.07 bits per heavy atom. The van der Waals surface area contributed by atoms with E-state index in [1.165, 1.54) is 9.13 Å². The number of carbonyl (C=O) groups is 1. The quantitative estimate of drug-likeness (QED) is 0.523. The van der Waals surface area contributed by atoms with Crippen molar-refractivity contribution >= 4 is 28.9 Å². The minimum atomic E-state index is 0.661. The predicted molar refractivity (Wildman–Crippen MR) is 64.6 cm³/mol. The monoisotopic (exact) mass is 313 g/mol. The molecule has 0 aliphatic carbocycles. The number of rotatable bonds is 3. The van der Waals surface area contributed by atoms with Gasteiger partial charge in [0, 0.05) is 3.57 Å². The second kappa shape index (κ2) is 4.57. The second-order valence-electron chi connectivity index (χ2n) is 3.24. The number of aromatic amines is 1. The van der Waals surface area contributed by atoms with Gasteiger partial charge in [0.2, 0.25) is 12.0 Å². The van der Waals surface area contributed by atoms with Gasteiger partial charge in [-0.1, -0.05) is 12.1 Å². The normalized spacial score (nSPS) is 10.2. The number of carbonyl (C=O) groups excluding carboxylic acids is 1. The number of benzene rings is 1. The maximum absolute atomic E-state index is 10.7. The molecular formula is C11H10IN2O+. The van der Waals surface area contributed by atoms with Gasteiger partial charge in [0.05, 0.1) is 0 Å². The van der Waals surface area contributed by atoms with E-state index in [0.717, 1.165) is 6.29 Å². The molecule has 0 amide bonds. The average molecular weight is 313 g/mol. The number of hydrogen-bond acceptors (Lipinski definition) is 1. The van der Waals surface area contributed by atoms with Crippen LogP contribution < -0.4 is 4.57 Å². The molecule has 0 aliphatic rings. The molecule has 0 bridgehead atoms. The maximum Gasteiger partial charge on any atom is 0.242 e. The lowest BCUT2D eigenvalue weighted by Crippen LogP contribution is -2.36. The molecule has 3 nitrogen and oxygen atoms in total. The average Bonchev–Trinajstić information content (AvgIpc) is 2.65. The van der Waals surface area contributed by atoms with Crippen molar-refractivity contribution in [1.82, 2.24) is 4.98 Å². The molecule has 0 saturated heterocycles. The summed E-state index contributed by atoms with van der Waals surface area (Å²) < 4.78 is 3.09. The fraction of sp³-hybridized carbons (Fsp3) is 0.0909. The Labute approximate surface area is 101 Å². The Morgan fingerprint density at radius 1 is 1.47 bits per heavy atom. The number of hydrogen-bond donors (Lipinski definition) is 1. The highest BCUT2D eigenvalue weighted by molar-refractivity contribution is 14.1. The highest BCUT2D eigenvalue weighted by Crippen LogP contribution is 2.07. The third kappa shape index (κ3) is 2.44. The van der Waals surface area contributed by atoms with Crippen LogP contribution in [-0.4, -0.2) is 11.3 Å². The molecule has 0 fully saturated rings. The van der Waals surface area contributed by atoms with Gasteiger partial charge in [-0.25, -0.2) is 9.55 Å². The molecular weight excluding hydrogens is 303 g/mol. The molecule has 4 heteroatoms. The summed E-state index contributed by atoms with van der Waals surface area (Å²) in [5.74, 6) is 0. The van der Waals surface area contributed by atoms with Gasteiger partial charge in [0.15, 0.2) is 6.29 Å². The van der Waals surface area contributed by atoms with Gasteiger partial charge in [0.25, 0.3) is 0 Å². The van der Waals surface area contributed by atoms with E-state index in [9.17, 15) is 4.79 Å². The van der Waals surface area contributed by atoms with Crippen molar-refractivity contribution in [2.75, 3.05) is 0 Å². The van der Waals surface area contributed by atoms with Gasteiger partial charge >= 0.3 is 0 Å². The zero-order valence-corrected chi connectivity index (χ0v) is 10.1. The van der Waals surface area contributed by atoms with E-state index in [0.29, 0.717) is 12.2 Å². The van der Waals surface area contributed by atoms with Crippen molar-refractivity contribution in [1.29, 1.82) is 0 Å². The second-order valence-corrected chi connectivity index (χ2v) is 4.49. The number of aromatic nitrogens is 2. The van der Waals surface area contributed by atoms with Crippen molar-refractivity contribution in [3.8, 4) is 0 Å². The molecule has 2 aromatic rings. The van der Waals surface area contributed by atoms with Crippen LogP contribution >= 0.6 is 22.6 Å². The van der Waals surface area contributed by atoms with Gasteiger partial charge in [-0.15, -0.1) is 0 Å². The minimum Gasteiger partial charge on any atom is -0.294 e. The van der Waals surface area contributed by atoms with Gasteiger partial charge < -0.3 is 0 Å².